The Balaban J connectivity index is 0.00000560. The zero-order valence-corrected chi connectivity index (χ0v) is 41.4. The van der Waals surface area contributed by atoms with Crippen LogP contribution in [0.15, 0.2) is 132 Å². The zero-order valence-electron chi connectivity index (χ0n) is 39.1. The van der Waals surface area contributed by atoms with E-state index in [1.807, 2.05) is 30.5 Å². The van der Waals surface area contributed by atoms with Gasteiger partial charge >= 0.3 is 0 Å². The first-order valence-corrected chi connectivity index (χ1v) is 22.1. The summed E-state index contributed by atoms with van der Waals surface area (Å²) in [5, 5.41) is 14.6. The van der Waals surface area contributed by atoms with Crippen LogP contribution >= 0.6 is 0 Å². The summed E-state index contributed by atoms with van der Waals surface area (Å²) in [6, 6.07) is 46.6. The number of rotatable bonds is 5. The topological polar surface area (TPSA) is 64.1 Å². The summed E-state index contributed by atoms with van der Waals surface area (Å²) >= 11 is 0. The Morgan fingerprint density at radius 1 is 0.562 bits per heavy atom. The molecule has 0 unspecified atom stereocenters. The average molecular weight is 1020 g/mol. The second kappa shape index (κ2) is 16.0. The van der Waals surface area contributed by atoms with Crippen LogP contribution in [0.2, 0.25) is 0 Å². The van der Waals surface area contributed by atoms with Crippen molar-refractivity contribution in [1.82, 2.24) is 14.5 Å². The van der Waals surface area contributed by atoms with Crippen LogP contribution in [0.3, 0.4) is 0 Å². The first-order chi connectivity index (χ1) is 29.7. The van der Waals surface area contributed by atoms with Crippen LogP contribution in [0.1, 0.15) is 105 Å². The van der Waals surface area contributed by atoms with E-state index in [0.29, 0.717) is 11.4 Å². The molecule has 328 valence electrons. The Morgan fingerprint density at radius 2 is 1.20 bits per heavy atom. The molecule has 0 aliphatic heterocycles. The minimum atomic E-state index is -0.332. The summed E-state index contributed by atoms with van der Waals surface area (Å²) < 4.78 is 8.80. The second-order valence-electron chi connectivity index (χ2n) is 21.3. The van der Waals surface area contributed by atoms with E-state index in [-0.39, 0.29) is 48.5 Å². The van der Waals surface area contributed by atoms with Gasteiger partial charge in [-0.05, 0) is 74.7 Å². The van der Waals surface area contributed by atoms with Crippen LogP contribution in [-0.2, 0) is 42.7 Å². The minimum absolute atomic E-state index is 0. The SMILES string of the molecule is CC(C)(C)c1cc(-c2cccc3c2nc(-c2cc(C(C)(C)C)cc(C(C)(C)C)c2O)n3-c2ccc(C(C)(C)C)cc2-c2ccccc2)[c-]c(-c2nccc3c2oc2ccccc23)c1.[Pt]. The molecule has 6 aromatic carbocycles. The third kappa shape index (κ3) is 8.02. The molecule has 5 nitrogen and oxygen atoms in total. The number of fused-ring (bicyclic) bond motifs is 4. The fourth-order valence-corrected chi connectivity index (χ4v) is 8.72. The average Bonchev–Trinajstić information content (AvgIpc) is 3.81. The summed E-state index contributed by atoms with van der Waals surface area (Å²) in [6.07, 6.45) is 1.87. The van der Waals surface area contributed by atoms with E-state index in [2.05, 4.69) is 191 Å². The maximum Gasteiger partial charge on any atom is 0.148 e. The molecule has 6 heteroatoms. The van der Waals surface area contributed by atoms with E-state index < -0.39 is 0 Å². The fourth-order valence-electron chi connectivity index (χ4n) is 8.72. The largest absolute Gasteiger partial charge is 0.507 e. The van der Waals surface area contributed by atoms with Crippen LogP contribution in [0, 0.1) is 6.07 Å². The molecule has 0 bridgehead atoms. The third-order valence-electron chi connectivity index (χ3n) is 12.5. The number of hydrogen-bond donors (Lipinski definition) is 1. The van der Waals surface area contributed by atoms with Crippen molar-refractivity contribution in [2.24, 2.45) is 0 Å². The number of pyridine rings is 1. The third-order valence-corrected chi connectivity index (χ3v) is 12.5. The maximum atomic E-state index is 12.5. The predicted molar refractivity (Wildman–Crippen MR) is 263 cm³/mol. The number of phenolic OH excluding ortho intramolecular Hbond substituents is 1. The van der Waals surface area contributed by atoms with Gasteiger partial charge < -0.3 is 9.52 Å². The first kappa shape index (κ1) is 44.8. The molecule has 3 heterocycles. The van der Waals surface area contributed by atoms with Gasteiger partial charge in [0.05, 0.1) is 22.3 Å². The van der Waals surface area contributed by atoms with Crippen LogP contribution in [0.4, 0.5) is 0 Å². The molecule has 0 aliphatic carbocycles. The van der Waals surface area contributed by atoms with E-state index in [1.165, 1.54) is 5.56 Å². The van der Waals surface area contributed by atoms with Gasteiger partial charge in [-0.1, -0.05) is 167 Å². The Hall–Kier alpha value is -5.77. The van der Waals surface area contributed by atoms with Gasteiger partial charge in [-0.25, -0.2) is 4.98 Å². The Bertz CT molecular complexity index is 3220. The van der Waals surface area contributed by atoms with Gasteiger partial charge in [-0.2, -0.15) is 0 Å². The molecule has 1 N–H and O–H groups in total. The van der Waals surface area contributed by atoms with Crippen molar-refractivity contribution in [1.29, 1.82) is 0 Å². The predicted octanol–water partition coefficient (Wildman–Crippen LogP) is 15.7. The Kier molecular flexibility index (Phi) is 11.2. The van der Waals surface area contributed by atoms with Crippen LogP contribution < -0.4 is 0 Å². The molecule has 0 aliphatic rings. The number of aromatic hydroxyl groups is 1. The first-order valence-electron chi connectivity index (χ1n) is 22.1. The summed E-state index contributed by atoms with van der Waals surface area (Å²) in [5.41, 5.74) is 14.2. The van der Waals surface area contributed by atoms with Crippen molar-refractivity contribution >= 4 is 33.0 Å². The maximum absolute atomic E-state index is 12.5. The number of furan rings is 1. The van der Waals surface area contributed by atoms with Crippen molar-refractivity contribution in [2.45, 2.75) is 105 Å². The van der Waals surface area contributed by atoms with E-state index in [0.717, 1.165) is 88.9 Å². The molecule has 3 aromatic heterocycles. The number of phenols is 1. The van der Waals surface area contributed by atoms with Crippen molar-refractivity contribution in [3.63, 3.8) is 0 Å². The quantitative estimate of drug-likeness (QED) is 0.175. The van der Waals surface area contributed by atoms with E-state index in [9.17, 15) is 5.11 Å². The van der Waals surface area contributed by atoms with Crippen molar-refractivity contribution in [2.75, 3.05) is 0 Å². The molecule has 0 spiro atoms. The molecule has 9 aromatic rings. The van der Waals surface area contributed by atoms with Gasteiger partial charge in [-0.3, -0.25) is 9.55 Å². The van der Waals surface area contributed by atoms with Crippen molar-refractivity contribution in [3.05, 3.63) is 156 Å². The molecule has 0 atom stereocenters. The second-order valence-corrected chi connectivity index (χ2v) is 21.3. The van der Waals surface area contributed by atoms with E-state index in [1.54, 1.807) is 0 Å². The van der Waals surface area contributed by atoms with Gasteiger partial charge in [-0.15, -0.1) is 29.3 Å². The van der Waals surface area contributed by atoms with Crippen LogP contribution in [-0.4, -0.2) is 19.6 Å². The summed E-state index contributed by atoms with van der Waals surface area (Å²) in [7, 11) is 0. The van der Waals surface area contributed by atoms with E-state index >= 15 is 0 Å². The number of aromatic nitrogens is 3. The Labute approximate surface area is 392 Å². The van der Waals surface area contributed by atoms with Gasteiger partial charge in [0.1, 0.15) is 22.7 Å². The van der Waals surface area contributed by atoms with Gasteiger partial charge in [0.2, 0.25) is 0 Å². The summed E-state index contributed by atoms with van der Waals surface area (Å²) in [4.78, 5) is 10.6. The molecule has 0 saturated carbocycles. The standard InChI is InChI=1S/C58H58N3O2.Pt/c1-55(2,3)38-25-26-47(44(32-38)35-19-14-13-15-20-35)61-48-23-18-22-41(51(48)60-54(61)45-33-40(57(7,8)9)34-46(52(45)62)58(10,11)12)36-29-37(31-39(30-36)56(4,5)6)50-53-43(27-28-59-50)42-21-16-17-24-49(42)63-53;/h13-28,30-34,62H,1-12H3;/q-1;. The van der Waals surface area contributed by atoms with Crippen LogP contribution in [0.5, 0.6) is 5.75 Å². The van der Waals surface area contributed by atoms with Gasteiger partial charge in [0, 0.05) is 54.9 Å². The number of para-hydroxylation sites is 2. The molecule has 0 amide bonds. The van der Waals surface area contributed by atoms with E-state index in [4.69, 9.17) is 14.4 Å². The molecule has 0 radical (unpaired) electrons. The molecule has 0 fully saturated rings. The molecule has 9 rings (SSSR count). The summed E-state index contributed by atoms with van der Waals surface area (Å²) in [6.45, 7) is 26.7. The number of imidazole rings is 1. The molecule has 64 heavy (non-hydrogen) atoms. The smallest absolute Gasteiger partial charge is 0.148 e. The number of hydrogen-bond acceptors (Lipinski definition) is 4. The Morgan fingerprint density at radius 3 is 1.89 bits per heavy atom. The van der Waals surface area contributed by atoms with Gasteiger partial charge in [0.15, 0.2) is 0 Å². The zero-order chi connectivity index (χ0) is 44.8. The fraction of sp³-hybridized carbons (Fsp3) is 0.276. The van der Waals surface area contributed by atoms with Crippen molar-refractivity contribution in [3.8, 4) is 56.3 Å². The van der Waals surface area contributed by atoms with Crippen LogP contribution in [0.25, 0.3) is 83.6 Å². The summed E-state index contributed by atoms with van der Waals surface area (Å²) in [5.74, 6) is 0.919. The van der Waals surface area contributed by atoms with Crippen molar-refractivity contribution < 1.29 is 30.6 Å². The van der Waals surface area contributed by atoms with Gasteiger partial charge in [0.25, 0.3) is 0 Å². The monoisotopic (exact) mass is 1020 g/mol. The molecular formula is C58H58N3O2Pt-. The molecule has 0 saturated heterocycles. The normalized spacial score (nSPS) is 12.6. The molecular weight excluding hydrogens is 966 g/mol. The number of nitrogens with zero attached hydrogens (tertiary/aromatic N) is 3. The minimum Gasteiger partial charge on any atom is -0.507 e. The number of benzene rings is 6.